The Hall–Kier alpha value is -0.180. The van der Waals surface area contributed by atoms with Gasteiger partial charge >= 0.3 is 0 Å². The van der Waals surface area contributed by atoms with Gasteiger partial charge in [0.05, 0.1) is 0 Å². The molecule has 3 heteroatoms. The summed E-state index contributed by atoms with van der Waals surface area (Å²) in [5.41, 5.74) is 1.31. The third-order valence-corrected chi connectivity index (χ3v) is 4.80. The average molecular weight is 256 g/mol. The molecule has 0 amide bonds. The zero-order valence-corrected chi connectivity index (χ0v) is 11.2. The molecule has 0 bridgehead atoms. The fourth-order valence-corrected chi connectivity index (χ4v) is 4.01. The lowest BCUT2D eigenvalue weighted by atomic mass is 9.85. The number of likely N-dealkylation sites (N-methyl/N-ethyl adjacent to an activating group) is 1. The SMILES string of the molecule is CNCC(c1ccccc1Cl)C1CCSC1. The van der Waals surface area contributed by atoms with Crippen LogP contribution >= 0.6 is 23.4 Å². The molecule has 0 aromatic heterocycles. The van der Waals surface area contributed by atoms with Gasteiger partial charge in [-0.25, -0.2) is 0 Å². The van der Waals surface area contributed by atoms with E-state index in [0.29, 0.717) is 5.92 Å². The van der Waals surface area contributed by atoms with Crippen molar-refractivity contribution < 1.29 is 0 Å². The van der Waals surface area contributed by atoms with Crippen molar-refractivity contribution in [3.8, 4) is 0 Å². The van der Waals surface area contributed by atoms with Gasteiger partial charge in [0.1, 0.15) is 0 Å². The standard InChI is InChI=1S/C13H18ClNS/c1-15-8-12(10-6-7-16-9-10)11-4-2-3-5-13(11)14/h2-5,10,12,15H,6-9H2,1H3. The first kappa shape index (κ1) is 12.3. The Morgan fingerprint density at radius 1 is 1.50 bits per heavy atom. The first-order valence-corrected chi connectivity index (χ1v) is 7.33. The molecule has 0 radical (unpaired) electrons. The maximum absolute atomic E-state index is 6.30. The highest BCUT2D eigenvalue weighted by Gasteiger charge is 2.27. The zero-order chi connectivity index (χ0) is 11.4. The van der Waals surface area contributed by atoms with E-state index in [0.717, 1.165) is 17.5 Å². The van der Waals surface area contributed by atoms with Crippen molar-refractivity contribution in [1.82, 2.24) is 5.32 Å². The third kappa shape index (κ3) is 2.73. The van der Waals surface area contributed by atoms with E-state index in [9.17, 15) is 0 Å². The Kier molecular flexibility index (Phi) is 4.56. The second-order valence-corrected chi connectivity index (χ2v) is 5.87. The molecule has 1 aromatic carbocycles. The second kappa shape index (κ2) is 5.95. The van der Waals surface area contributed by atoms with Gasteiger partial charge in [0.2, 0.25) is 0 Å². The molecule has 16 heavy (non-hydrogen) atoms. The van der Waals surface area contributed by atoms with E-state index in [1.165, 1.54) is 23.5 Å². The molecule has 2 rings (SSSR count). The maximum atomic E-state index is 6.30. The zero-order valence-electron chi connectivity index (χ0n) is 9.58. The first-order valence-electron chi connectivity index (χ1n) is 5.79. The lowest BCUT2D eigenvalue weighted by Gasteiger charge is -2.24. The summed E-state index contributed by atoms with van der Waals surface area (Å²) in [6.07, 6.45) is 1.32. The van der Waals surface area contributed by atoms with Crippen LogP contribution in [-0.2, 0) is 0 Å². The number of rotatable bonds is 4. The molecule has 1 saturated heterocycles. The van der Waals surface area contributed by atoms with Crippen LogP contribution < -0.4 is 5.32 Å². The normalized spacial score (nSPS) is 22.2. The molecule has 1 fully saturated rings. The van der Waals surface area contributed by atoms with E-state index in [1.807, 2.05) is 19.2 Å². The summed E-state index contributed by atoms with van der Waals surface area (Å²) in [5, 5.41) is 4.22. The molecule has 0 aliphatic carbocycles. The van der Waals surface area contributed by atoms with Gasteiger partial charge in [0.25, 0.3) is 0 Å². The largest absolute Gasteiger partial charge is 0.319 e. The van der Waals surface area contributed by atoms with Crippen LogP contribution in [0.1, 0.15) is 17.9 Å². The van der Waals surface area contributed by atoms with Gasteiger partial charge in [-0.1, -0.05) is 29.8 Å². The molecular formula is C13H18ClNS. The van der Waals surface area contributed by atoms with Crippen LogP contribution in [0.5, 0.6) is 0 Å². The summed E-state index contributed by atoms with van der Waals surface area (Å²) in [4.78, 5) is 0. The Bertz CT molecular complexity index is 336. The quantitative estimate of drug-likeness (QED) is 0.885. The summed E-state index contributed by atoms with van der Waals surface area (Å²) in [5.74, 6) is 3.92. The average Bonchev–Trinajstić information content (AvgIpc) is 2.80. The van der Waals surface area contributed by atoms with Crippen LogP contribution in [0.25, 0.3) is 0 Å². The highest BCUT2D eigenvalue weighted by Crippen LogP contribution is 2.37. The van der Waals surface area contributed by atoms with E-state index < -0.39 is 0 Å². The predicted octanol–water partition coefficient (Wildman–Crippen LogP) is 3.40. The van der Waals surface area contributed by atoms with Crippen LogP contribution in [-0.4, -0.2) is 25.1 Å². The van der Waals surface area contributed by atoms with E-state index in [-0.39, 0.29) is 0 Å². The topological polar surface area (TPSA) is 12.0 Å². The van der Waals surface area contributed by atoms with Gasteiger partial charge in [-0.2, -0.15) is 11.8 Å². The summed E-state index contributed by atoms with van der Waals surface area (Å²) in [7, 11) is 2.02. The van der Waals surface area contributed by atoms with Crippen molar-refractivity contribution in [3.05, 3.63) is 34.9 Å². The monoisotopic (exact) mass is 255 g/mol. The Labute approximate surface area is 107 Å². The Balaban J connectivity index is 2.21. The minimum Gasteiger partial charge on any atom is -0.319 e. The Morgan fingerprint density at radius 2 is 2.31 bits per heavy atom. The highest BCUT2D eigenvalue weighted by atomic mass is 35.5. The van der Waals surface area contributed by atoms with Crippen molar-refractivity contribution in [2.24, 2.45) is 5.92 Å². The third-order valence-electron chi connectivity index (χ3n) is 3.26. The number of hydrogen-bond acceptors (Lipinski definition) is 2. The molecule has 1 aromatic rings. The molecule has 0 spiro atoms. The number of thioether (sulfide) groups is 1. The van der Waals surface area contributed by atoms with E-state index >= 15 is 0 Å². The predicted molar refractivity (Wildman–Crippen MR) is 73.6 cm³/mol. The fraction of sp³-hybridized carbons (Fsp3) is 0.538. The number of hydrogen-bond donors (Lipinski definition) is 1. The minimum atomic E-state index is 0.564. The van der Waals surface area contributed by atoms with E-state index in [1.54, 1.807) is 0 Å². The lowest BCUT2D eigenvalue weighted by Crippen LogP contribution is -2.24. The second-order valence-electron chi connectivity index (χ2n) is 4.31. The number of halogens is 1. The van der Waals surface area contributed by atoms with E-state index in [2.05, 4.69) is 29.2 Å². The van der Waals surface area contributed by atoms with E-state index in [4.69, 9.17) is 11.6 Å². The molecular weight excluding hydrogens is 238 g/mol. The van der Waals surface area contributed by atoms with Crippen molar-refractivity contribution in [1.29, 1.82) is 0 Å². The summed E-state index contributed by atoms with van der Waals surface area (Å²) in [6, 6.07) is 8.27. The van der Waals surface area contributed by atoms with Crippen LogP contribution in [0, 0.1) is 5.92 Å². The summed E-state index contributed by atoms with van der Waals surface area (Å²) in [6.45, 7) is 1.02. The molecule has 1 aliphatic heterocycles. The smallest absolute Gasteiger partial charge is 0.0441 e. The molecule has 2 unspecified atom stereocenters. The maximum Gasteiger partial charge on any atom is 0.0441 e. The van der Waals surface area contributed by atoms with Crippen LogP contribution in [0.3, 0.4) is 0 Å². The lowest BCUT2D eigenvalue weighted by molar-refractivity contribution is 0.453. The van der Waals surface area contributed by atoms with Crippen molar-refractivity contribution in [2.45, 2.75) is 12.3 Å². The number of benzene rings is 1. The molecule has 1 N–H and O–H groups in total. The van der Waals surface area contributed by atoms with Gasteiger partial charge < -0.3 is 5.32 Å². The fourth-order valence-electron chi connectivity index (χ4n) is 2.40. The van der Waals surface area contributed by atoms with Gasteiger partial charge in [-0.3, -0.25) is 0 Å². The van der Waals surface area contributed by atoms with Crippen molar-refractivity contribution in [3.63, 3.8) is 0 Å². The van der Waals surface area contributed by atoms with Crippen molar-refractivity contribution >= 4 is 23.4 Å². The van der Waals surface area contributed by atoms with Crippen LogP contribution in [0.4, 0.5) is 0 Å². The van der Waals surface area contributed by atoms with Gasteiger partial charge in [-0.05, 0) is 42.5 Å². The molecule has 0 saturated carbocycles. The molecule has 88 valence electrons. The van der Waals surface area contributed by atoms with Gasteiger partial charge in [0, 0.05) is 17.5 Å². The molecule has 2 atom stereocenters. The first-order chi connectivity index (χ1) is 7.83. The summed E-state index contributed by atoms with van der Waals surface area (Å²) >= 11 is 8.36. The van der Waals surface area contributed by atoms with Crippen LogP contribution in [0.15, 0.2) is 24.3 Å². The van der Waals surface area contributed by atoms with Crippen molar-refractivity contribution in [2.75, 3.05) is 25.1 Å². The molecule has 1 aliphatic rings. The van der Waals surface area contributed by atoms with Gasteiger partial charge in [-0.15, -0.1) is 0 Å². The minimum absolute atomic E-state index is 0.564. The molecule has 1 nitrogen and oxygen atoms in total. The summed E-state index contributed by atoms with van der Waals surface area (Å²) < 4.78 is 0. The van der Waals surface area contributed by atoms with Gasteiger partial charge in [0.15, 0.2) is 0 Å². The number of nitrogens with one attached hydrogen (secondary N) is 1. The Morgan fingerprint density at radius 3 is 2.94 bits per heavy atom. The highest BCUT2D eigenvalue weighted by molar-refractivity contribution is 7.99. The van der Waals surface area contributed by atoms with Crippen LogP contribution in [0.2, 0.25) is 5.02 Å². The molecule has 1 heterocycles.